The van der Waals surface area contributed by atoms with Gasteiger partial charge in [-0.15, -0.1) is 0 Å². The zero-order valence-electron chi connectivity index (χ0n) is 31.1. The molecule has 3 aromatic rings. The third kappa shape index (κ3) is 8.71. The highest BCUT2D eigenvalue weighted by atomic mass is 35.5. The Hall–Kier alpha value is -3.35. The number of piperidine rings is 1. The Bertz CT molecular complexity index is 1700. The van der Waals surface area contributed by atoms with Crippen molar-refractivity contribution in [2.75, 3.05) is 63.3 Å². The first-order valence-corrected chi connectivity index (χ1v) is 19.2. The van der Waals surface area contributed by atoms with Crippen LogP contribution < -0.4 is 10.2 Å². The van der Waals surface area contributed by atoms with E-state index in [1.807, 2.05) is 26.8 Å². The van der Waals surface area contributed by atoms with Gasteiger partial charge in [0.05, 0.1) is 28.7 Å². The maximum Gasteiger partial charge on any atom is 0.410 e. The molecule has 0 radical (unpaired) electrons. The average Bonchev–Trinajstić information content (AvgIpc) is 3.46. The minimum atomic E-state index is -0.556. The Morgan fingerprint density at radius 2 is 1.83 bits per heavy atom. The fourth-order valence-corrected chi connectivity index (χ4v) is 8.13. The smallest absolute Gasteiger partial charge is 0.410 e. The first-order valence-electron chi connectivity index (χ1n) is 18.5. The van der Waals surface area contributed by atoms with Crippen molar-refractivity contribution < 1.29 is 19.0 Å². The number of nitrogens with zero attached hydrogens (tertiary/aromatic N) is 5. The molecule has 3 fully saturated rings. The van der Waals surface area contributed by atoms with E-state index in [0.717, 1.165) is 75.4 Å². The topological polar surface area (TPSA) is 108 Å². The monoisotopic (exact) mass is 753 g/mol. The average molecular weight is 755 g/mol. The first kappa shape index (κ1) is 38.4. The SMILES string of the molecule is COC[C@H]1CN(Cc2ccccc2)CCN1c1nn(C2CCN(C(=O)OC(C)(C)C)CC2)c(C)c1-c1c(Cl)c(Cl)cc(NC2CCCCO2)c1C=N. The Labute approximate surface area is 318 Å². The number of likely N-dealkylation sites (tertiary alicyclic amines) is 1. The van der Waals surface area contributed by atoms with Crippen LogP contribution in [-0.2, 0) is 20.8 Å². The number of ether oxygens (including phenoxy) is 3. The minimum Gasteiger partial charge on any atom is -0.444 e. The van der Waals surface area contributed by atoms with Gasteiger partial charge in [0.2, 0.25) is 0 Å². The van der Waals surface area contributed by atoms with Gasteiger partial charge in [0, 0.05) is 87.3 Å². The molecule has 1 amide bonds. The summed E-state index contributed by atoms with van der Waals surface area (Å²) < 4.78 is 19.6. The van der Waals surface area contributed by atoms with Crippen LogP contribution in [0.1, 0.15) is 75.7 Å². The predicted molar refractivity (Wildman–Crippen MR) is 208 cm³/mol. The van der Waals surface area contributed by atoms with Gasteiger partial charge in [-0.2, -0.15) is 5.10 Å². The van der Waals surface area contributed by atoms with Gasteiger partial charge >= 0.3 is 6.09 Å². The van der Waals surface area contributed by atoms with Crippen LogP contribution in [0.4, 0.5) is 16.3 Å². The van der Waals surface area contributed by atoms with E-state index in [2.05, 4.69) is 51.0 Å². The van der Waals surface area contributed by atoms with Gasteiger partial charge in [0.1, 0.15) is 11.8 Å². The summed E-state index contributed by atoms with van der Waals surface area (Å²) in [5, 5.41) is 18.4. The van der Waals surface area contributed by atoms with Crippen LogP contribution in [0.2, 0.25) is 10.0 Å². The number of nitrogens with one attached hydrogen (secondary N) is 2. The molecule has 2 atom stereocenters. The summed E-state index contributed by atoms with van der Waals surface area (Å²) in [6, 6.07) is 12.4. The van der Waals surface area contributed by atoms with Crippen molar-refractivity contribution in [3.63, 3.8) is 0 Å². The zero-order valence-corrected chi connectivity index (χ0v) is 32.6. The van der Waals surface area contributed by atoms with Crippen molar-refractivity contribution in [3.05, 3.63) is 63.3 Å². The highest BCUT2D eigenvalue weighted by Gasteiger charge is 2.36. The molecule has 0 aliphatic carbocycles. The van der Waals surface area contributed by atoms with Crippen molar-refractivity contribution in [2.45, 2.75) is 90.3 Å². The summed E-state index contributed by atoms with van der Waals surface area (Å²) in [6.07, 6.45) is 5.28. The molecular weight excluding hydrogens is 701 g/mol. The fourth-order valence-electron chi connectivity index (χ4n) is 7.67. The highest BCUT2D eigenvalue weighted by molar-refractivity contribution is 6.44. The zero-order chi connectivity index (χ0) is 37.0. The largest absolute Gasteiger partial charge is 0.444 e. The lowest BCUT2D eigenvalue weighted by Crippen LogP contribution is -2.55. The van der Waals surface area contributed by atoms with E-state index in [0.29, 0.717) is 53.2 Å². The van der Waals surface area contributed by atoms with Crippen molar-refractivity contribution in [1.29, 1.82) is 5.41 Å². The van der Waals surface area contributed by atoms with Crippen LogP contribution in [0, 0.1) is 12.3 Å². The van der Waals surface area contributed by atoms with Crippen LogP contribution >= 0.6 is 23.2 Å². The number of rotatable bonds is 10. The second-order valence-corrected chi connectivity index (χ2v) is 15.9. The Balaban J connectivity index is 1.40. The summed E-state index contributed by atoms with van der Waals surface area (Å²) in [4.78, 5) is 19.5. The molecule has 4 heterocycles. The predicted octanol–water partition coefficient (Wildman–Crippen LogP) is 8.01. The number of piperazine rings is 1. The molecule has 1 unspecified atom stereocenters. The van der Waals surface area contributed by atoms with E-state index < -0.39 is 5.60 Å². The van der Waals surface area contributed by atoms with E-state index in [-0.39, 0.29) is 24.4 Å². The fraction of sp³-hybridized carbons (Fsp3) is 0.564. The number of hydrogen-bond acceptors (Lipinski definition) is 9. The summed E-state index contributed by atoms with van der Waals surface area (Å²) in [7, 11) is 1.74. The summed E-state index contributed by atoms with van der Waals surface area (Å²) in [6.45, 7) is 13.3. The molecule has 3 saturated heterocycles. The molecule has 0 spiro atoms. The van der Waals surface area contributed by atoms with Gasteiger partial charge in [0.25, 0.3) is 0 Å². The van der Waals surface area contributed by atoms with Crippen LogP contribution in [0.3, 0.4) is 0 Å². The number of amides is 1. The van der Waals surface area contributed by atoms with Gasteiger partial charge < -0.3 is 34.7 Å². The molecule has 2 aromatic carbocycles. The van der Waals surface area contributed by atoms with E-state index >= 15 is 0 Å². The molecule has 13 heteroatoms. The molecule has 2 N–H and O–H groups in total. The third-order valence-corrected chi connectivity index (χ3v) is 11.0. The molecule has 11 nitrogen and oxygen atoms in total. The number of aromatic nitrogens is 2. The number of carbonyl (C=O) groups excluding carboxylic acids is 1. The number of methoxy groups -OCH3 is 1. The number of benzene rings is 2. The van der Waals surface area contributed by atoms with Crippen LogP contribution in [0.5, 0.6) is 0 Å². The van der Waals surface area contributed by atoms with Crippen molar-refractivity contribution in [1.82, 2.24) is 19.6 Å². The molecule has 0 bridgehead atoms. The molecule has 6 rings (SSSR count). The van der Waals surface area contributed by atoms with Gasteiger partial charge in [-0.3, -0.25) is 9.58 Å². The summed E-state index contributed by atoms with van der Waals surface area (Å²) in [5.74, 6) is 0.792. The Kier molecular flexibility index (Phi) is 12.4. The quantitative estimate of drug-likeness (QED) is 0.201. The third-order valence-electron chi connectivity index (χ3n) is 10.2. The Morgan fingerprint density at radius 1 is 1.08 bits per heavy atom. The number of halogens is 2. The highest BCUT2D eigenvalue weighted by Crippen LogP contribution is 2.47. The molecule has 0 saturated carbocycles. The second-order valence-electron chi connectivity index (χ2n) is 15.1. The van der Waals surface area contributed by atoms with Crippen molar-refractivity contribution in [3.8, 4) is 11.1 Å². The maximum atomic E-state index is 12.9. The van der Waals surface area contributed by atoms with E-state index in [1.54, 1.807) is 18.1 Å². The van der Waals surface area contributed by atoms with Gasteiger partial charge in [-0.1, -0.05) is 53.5 Å². The minimum absolute atomic E-state index is 0.00704. The number of anilines is 2. The lowest BCUT2D eigenvalue weighted by molar-refractivity contribution is 0.0184. The van der Waals surface area contributed by atoms with Gasteiger partial charge in [0.15, 0.2) is 5.82 Å². The van der Waals surface area contributed by atoms with Crippen LogP contribution in [0.15, 0.2) is 36.4 Å². The normalized spacial score (nSPS) is 20.6. The second kappa shape index (κ2) is 16.8. The maximum absolute atomic E-state index is 12.9. The molecular formula is C39H53Cl2N7O4. The van der Waals surface area contributed by atoms with Gasteiger partial charge in [-0.25, -0.2) is 4.79 Å². The lowest BCUT2D eigenvalue weighted by atomic mass is 9.96. The first-order chi connectivity index (χ1) is 25.0. The van der Waals surface area contributed by atoms with E-state index in [4.69, 9.17) is 47.9 Å². The summed E-state index contributed by atoms with van der Waals surface area (Å²) in [5.41, 5.74) is 4.52. The van der Waals surface area contributed by atoms with Gasteiger partial charge in [-0.05, 0) is 71.4 Å². The molecule has 1 aromatic heterocycles. The van der Waals surface area contributed by atoms with Crippen molar-refractivity contribution in [2.24, 2.45) is 0 Å². The van der Waals surface area contributed by atoms with Crippen LogP contribution in [-0.4, -0.2) is 103 Å². The van der Waals surface area contributed by atoms with E-state index in [9.17, 15) is 4.79 Å². The number of hydrogen-bond donors (Lipinski definition) is 2. The summed E-state index contributed by atoms with van der Waals surface area (Å²) >= 11 is 14.1. The Morgan fingerprint density at radius 3 is 2.48 bits per heavy atom. The molecule has 3 aliphatic heterocycles. The molecule has 52 heavy (non-hydrogen) atoms. The van der Waals surface area contributed by atoms with E-state index in [1.165, 1.54) is 11.8 Å². The lowest BCUT2D eigenvalue weighted by Gasteiger charge is -2.42. The molecule has 3 aliphatic rings. The van der Waals surface area contributed by atoms with Crippen molar-refractivity contribution >= 4 is 47.0 Å². The number of carbonyl (C=O) groups is 1. The molecule has 282 valence electrons. The standard InChI is InChI=1S/C39H53Cl2N7O4/c1-26-34(35-30(22-42)32(21-31(40)36(35)41)43-33-13-9-10-20-51-33)37(44-48(26)28-14-16-46(17-15-28)38(49)52-39(2,3)4)47-19-18-45(24-29(47)25-50-5)23-27-11-7-6-8-12-27/h6-8,11-12,21-22,28-29,33,42-43H,9-10,13-20,23-25H2,1-5H3/t29-,33?/m1/s1. The van der Waals surface area contributed by atoms with Crippen LogP contribution in [0.25, 0.3) is 11.1 Å².